The van der Waals surface area contributed by atoms with Crippen LogP contribution in [0.15, 0.2) is 35.1 Å². The maximum Gasteiger partial charge on any atom is 0.253 e. The first-order valence-corrected chi connectivity index (χ1v) is 10.0. The Bertz CT molecular complexity index is 1120. The number of aromatic amines is 1. The molecule has 0 bridgehead atoms. The van der Waals surface area contributed by atoms with Crippen LogP contribution in [0.4, 0.5) is 5.69 Å². The van der Waals surface area contributed by atoms with Crippen LogP contribution in [0.2, 0.25) is 10.0 Å². The molecule has 3 rings (SSSR count). The lowest BCUT2D eigenvalue weighted by molar-refractivity contribution is 0.0954. The van der Waals surface area contributed by atoms with E-state index < -0.39 is 11.2 Å². The van der Waals surface area contributed by atoms with Crippen molar-refractivity contribution in [2.24, 2.45) is 0 Å². The number of aromatic hydroxyl groups is 1. The molecule has 0 aliphatic carbocycles. The number of unbranched alkanes of at least 4 members (excludes halogenated alkanes) is 2. The minimum Gasteiger partial charge on any atom is -0.503 e. The number of hydrogen-bond acceptors (Lipinski definition) is 4. The number of hydrogen-bond donors (Lipinski definition) is 4. The summed E-state index contributed by atoms with van der Waals surface area (Å²) in [7, 11) is 0. The molecule has 1 aromatic heterocycles. The topological polar surface area (TPSA) is 108 Å². The van der Waals surface area contributed by atoms with Crippen molar-refractivity contribution in [1.82, 2.24) is 10.3 Å². The van der Waals surface area contributed by atoms with E-state index in [2.05, 4.69) is 17.2 Å². The van der Waals surface area contributed by atoms with E-state index in [1.54, 1.807) is 18.2 Å². The van der Waals surface area contributed by atoms with Crippen LogP contribution in [0.3, 0.4) is 0 Å². The molecular formula is C21H21Cl2N3O3. The molecule has 0 saturated carbocycles. The van der Waals surface area contributed by atoms with Crippen LogP contribution in [0.5, 0.6) is 5.75 Å². The molecule has 0 unspecified atom stereocenters. The Morgan fingerprint density at radius 1 is 1.21 bits per heavy atom. The highest BCUT2D eigenvalue weighted by molar-refractivity contribution is 6.39. The van der Waals surface area contributed by atoms with Gasteiger partial charge in [-0.2, -0.15) is 0 Å². The number of fused-ring (bicyclic) bond motifs is 1. The van der Waals surface area contributed by atoms with E-state index in [0.717, 1.165) is 19.3 Å². The number of amides is 1. The Kier molecular flexibility index (Phi) is 6.35. The van der Waals surface area contributed by atoms with Gasteiger partial charge in [-0.1, -0.05) is 49.0 Å². The van der Waals surface area contributed by atoms with E-state index in [0.29, 0.717) is 23.2 Å². The van der Waals surface area contributed by atoms with Crippen molar-refractivity contribution < 1.29 is 9.90 Å². The van der Waals surface area contributed by atoms with Crippen LogP contribution < -0.4 is 16.5 Å². The lowest BCUT2D eigenvalue weighted by Crippen LogP contribution is -2.25. The number of rotatable bonds is 6. The molecule has 5 N–H and O–H groups in total. The van der Waals surface area contributed by atoms with E-state index >= 15 is 0 Å². The summed E-state index contributed by atoms with van der Waals surface area (Å²) in [5.74, 6) is -0.790. The highest BCUT2D eigenvalue weighted by Gasteiger charge is 2.18. The van der Waals surface area contributed by atoms with E-state index in [1.807, 2.05) is 0 Å². The molecule has 3 aromatic rings. The summed E-state index contributed by atoms with van der Waals surface area (Å²) < 4.78 is 0. The summed E-state index contributed by atoms with van der Waals surface area (Å²) in [6.07, 6.45) is 2.94. The zero-order valence-electron chi connectivity index (χ0n) is 15.8. The highest BCUT2D eigenvalue weighted by atomic mass is 35.5. The number of carbonyl (C=O) groups is 1. The van der Waals surface area contributed by atoms with Crippen molar-refractivity contribution in [1.29, 1.82) is 0 Å². The van der Waals surface area contributed by atoms with Gasteiger partial charge in [0.1, 0.15) is 0 Å². The fourth-order valence-electron chi connectivity index (χ4n) is 3.10. The van der Waals surface area contributed by atoms with Gasteiger partial charge in [0.15, 0.2) is 5.75 Å². The molecular weight excluding hydrogens is 413 g/mol. The van der Waals surface area contributed by atoms with Crippen LogP contribution in [0.25, 0.3) is 22.2 Å². The smallest absolute Gasteiger partial charge is 0.253 e. The van der Waals surface area contributed by atoms with Crippen LogP contribution >= 0.6 is 23.2 Å². The molecule has 0 spiro atoms. The number of nitrogens with two attached hydrogens (primary N) is 1. The molecule has 0 saturated heterocycles. The summed E-state index contributed by atoms with van der Waals surface area (Å²) in [5.41, 5.74) is 6.49. The van der Waals surface area contributed by atoms with Gasteiger partial charge in [0.05, 0.1) is 37.9 Å². The Labute approximate surface area is 177 Å². The number of anilines is 1. The Balaban J connectivity index is 2.13. The molecule has 6 nitrogen and oxygen atoms in total. The number of aromatic nitrogens is 1. The molecule has 152 valence electrons. The second-order valence-electron chi connectivity index (χ2n) is 6.72. The van der Waals surface area contributed by atoms with Gasteiger partial charge in [0, 0.05) is 12.1 Å². The summed E-state index contributed by atoms with van der Waals surface area (Å²) in [6.45, 7) is 2.63. The standard InChI is InChI=1S/C21H21Cl2N3O3/c1-2-3-4-8-25-21(29)13-7-5-6-12-18(13)26-17(20(28)19(12)27)11-9-14(22)16(24)15(23)10-11/h5-7,9-10,28H,2-4,8,24H2,1H3,(H,25,29)(H,26,27). The van der Waals surface area contributed by atoms with Crippen LogP contribution in [0, 0.1) is 0 Å². The van der Waals surface area contributed by atoms with Crippen LogP contribution in [0.1, 0.15) is 36.5 Å². The number of benzene rings is 2. The lowest BCUT2D eigenvalue weighted by atomic mass is 10.0. The molecule has 8 heteroatoms. The minimum absolute atomic E-state index is 0.109. The van der Waals surface area contributed by atoms with Crippen molar-refractivity contribution in [3.05, 3.63) is 56.2 Å². The zero-order chi connectivity index (χ0) is 21.1. The van der Waals surface area contributed by atoms with Crippen LogP contribution in [-0.2, 0) is 0 Å². The fourth-order valence-corrected chi connectivity index (χ4v) is 3.59. The van der Waals surface area contributed by atoms with Crippen molar-refractivity contribution in [3.63, 3.8) is 0 Å². The highest BCUT2D eigenvalue weighted by Crippen LogP contribution is 2.36. The summed E-state index contributed by atoms with van der Waals surface area (Å²) in [4.78, 5) is 28.4. The van der Waals surface area contributed by atoms with Crippen molar-refractivity contribution in [3.8, 4) is 17.0 Å². The van der Waals surface area contributed by atoms with Gasteiger partial charge in [-0.25, -0.2) is 0 Å². The van der Waals surface area contributed by atoms with Gasteiger partial charge in [0.25, 0.3) is 5.91 Å². The predicted molar refractivity (Wildman–Crippen MR) is 118 cm³/mol. The number of nitrogens with one attached hydrogen (secondary N) is 2. The van der Waals surface area contributed by atoms with Crippen LogP contribution in [-0.4, -0.2) is 22.5 Å². The number of nitrogen functional groups attached to an aromatic ring is 1. The number of H-pyrrole nitrogens is 1. The molecule has 0 fully saturated rings. The molecule has 29 heavy (non-hydrogen) atoms. The molecule has 1 heterocycles. The van der Waals surface area contributed by atoms with Gasteiger partial charge in [0.2, 0.25) is 5.43 Å². The molecule has 0 radical (unpaired) electrons. The first kappa shape index (κ1) is 21.0. The van der Waals surface area contributed by atoms with E-state index in [4.69, 9.17) is 28.9 Å². The molecule has 0 aliphatic rings. The molecule has 1 amide bonds. The second-order valence-corrected chi connectivity index (χ2v) is 7.54. The Morgan fingerprint density at radius 2 is 1.90 bits per heavy atom. The van der Waals surface area contributed by atoms with Crippen molar-refractivity contribution in [2.45, 2.75) is 26.2 Å². The molecule has 0 atom stereocenters. The number of pyridine rings is 1. The maximum atomic E-state index is 12.7. The molecule has 2 aromatic carbocycles. The minimum atomic E-state index is -0.599. The second kappa shape index (κ2) is 8.76. The zero-order valence-corrected chi connectivity index (χ0v) is 17.3. The van der Waals surface area contributed by atoms with Gasteiger partial charge >= 0.3 is 0 Å². The van der Waals surface area contributed by atoms with Gasteiger partial charge < -0.3 is 21.1 Å². The number of carbonyl (C=O) groups excluding carboxylic acids is 1. The normalized spacial score (nSPS) is 11.0. The lowest BCUT2D eigenvalue weighted by Gasteiger charge is -2.12. The Hall–Kier alpha value is -2.70. The Morgan fingerprint density at radius 3 is 2.55 bits per heavy atom. The predicted octanol–water partition coefficient (Wildman–Crippen LogP) is 4.71. The number of para-hydroxylation sites is 1. The van der Waals surface area contributed by atoms with Gasteiger partial charge in [-0.3, -0.25) is 9.59 Å². The first-order chi connectivity index (χ1) is 13.8. The molecule has 0 aliphatic heterocycles. The van der Waals surface area contributed by atoms with Gasteiger partial charge in [-0.05, 0) is 30.7 Å². The summed E-state index contributed by atoms with van der Waals surface area (Å²) in [5, 5.41) is 13.9. The van der Waals surface area contributed by atoms with Gasteiger partial charge in [-0.15, -0.1) is 0 Å². The quantitative estimate of drug-likeness (QED) is 0.333. The number of halogens is 2. The average Bonchev–Trinajstić information content (AvgIpc) is 2.71. The first-order valence-electron chi connectivity index (χ1n) is 9.26. The maximum absolute atomic E-state index is 12.7. The van der Waals surface area contributed by atoms with E-state index in [1.165, 1.54) is 12.1 Å². The average molecular weight is 434 g/mol. The van der Waals surface area contributed by atoms with Crippen molar-refractivity contribution in [2.75, 3.05) is 12.3 Å². The largest absolute Gasteiger partial charge is 0.503 e. The fraction of sp³-hybridized carbons (Fsp3) is 0.238. The third-order valence-electron chi connectivity index (χ3n) is 4.69. The van der Waals surface area contributed by atoms with E-state index in [9.17, 15) is 14.7 Å². The monoisotopic (exact) mass is 433 g/mol. The third-order valence-corrected chi connectivity index (χ3v) is 5.31. The van der Waals surface area contributed by atoms with E-state index in [-0.39, 0.29) is 32.7 Å². The van der Waals surface area contributed by atoms with Crippen molar-refractivity contribution >= 4 is 45.7 Å². The summed E-state index contributed by atoms with van der Waals surface area (Å²) >= 11 is 12.2. The summed E-state index contributed by atoms with van der Waals surface area (Å²) in [6, 6.07) is 7.76. The SMILES string of the molecule is CCCCCNC(=O)c1cccc2c(=O)c(O)c(-c3cc(Cl)c(N)c(Cl)c3)[nH]c12. The third kappa shape index (κ3) is 4.18.